The molecule has 1 aliphatic rings. The van der Waals surface area contributed by atoms with E-state index in [-0.39, 0.29) is 0 Å². The van der Waals surface area contributed by atoms with Gasteiger partial charge in [-0.3, -0.25) is 0 Å². The molecule has 1 aliphatic heterocycles. The molecular weight excluding hydrogens is 184 g/mol. The summed E-state index contributed by atoms with van der Waals surface area (Å²) in [5.74, 6) is 0. The fraction of sp³-hybridized carbons (Fsp3) is 1.00. The predicted molar refractivity (Wildman–Crippen MR) is 67.3 cm³/mol. The number of nitrogens with zero attached hydrogens (tertiary/aromatic N) is 1. The van der Waals surface area contributed by atoms with E-state index in [9.17, 15) is 0 Å². The van der Waals surface area contributed by atoms with Crippen LogP contribution in [0.2, 0.25) is 0 Å². The first-order chi connectivity index (χ1) is 7.43. The fourth-order valence-corrected chi connectivity index (χ4v) is 2.23. The Bertz CT molecular complexity index is 130. The molecule has 0 aliphatic carbocycles. The average molecular weight is 212 g/mol. The standard InChI is InChI=1S/C13H28N2/c1-2-3-4-5-6-7-8-11-15-12-9-14-10-13-15/h14H,2-13H2,1H3. The normalized spacial score (nSPS) is 18.2. The number of unbranched alkanes of at least 4 members (excludes halogenated alkanes) is 6. The van der Waals surface area contributed by atoms with E-state index in [1.807, 2.05) is 0 Å². The van der Waals surface area contributed by atoms with Gasteiger partial charge in [0.15, 0.2) is 0 Å². The minimum atomic E-state index is 1.19. The monoisotopic (exact) mass is 212 g/mol. The van der Waals surface area contributed by atoms with Crippen molar-refractivity contribution >= 4 is 0 Å². The molecule has 0 aromatic carbocycles. The van der Waals surface area contributed by atoms with Gasteiger partial charge < -0.3 is 10.2 Å². The molecule has 1 fully saturated rings. The molecule has 0 spiro atoms. The summed E-state index contributed by atoms with van der Waals surface area (Å²) in [7, 11) is 0. The van der Waals surface area contributed by atoms with Crippen molar-refractivity contribution in [3.63, 3.8) is 0 Å². The van der Waals surface area contributed by atoms with Crippen LogP contribution in [-0.4, -0.2) is 37.6 Å². The van der Waals surface area contributed by atoms with E-state index in [1.165, 1.54) is 77.7 Å². The molecule has 0 bridgehead atoms. The smallest absolute Gasteiger partial charge is 0.0107 e. The van der Waals surface area contributed by atoms with Crippen LogP contribution in [0.1, 0.15) is 51.9 Å². The van der Waals surface area contributed by atoms with E-state index < -0.39 is 0 Å². The largest absolute Gasteiger partial charge is 0.314 e. The molecule has 0 amide bonds. The Balaban J connectivity index is 1.79. The van der Waals surface area contributed by atoms with Crippen LogP contribution in [0.25, 0.3) is 0 Å². The van der Waals surface area contributed by atoms with Gasteiger partial charge in [0.1, 0.15) is 0 Å². The van der Waals surface area contributed by atoms with Crippen molar-refractivity contribution in [3.8, 4) is 0 Å². The summed E-state index contributed by atoms with van der Waals surface area (Å²) in [4.78, 5) is 2.60. The van der Waals surface area contributed by atoms with E-state index >= 15 is 0 Å². The van der Waals surface area contributed by atoms with Crippen molar-refractivity contribution in [1.29, 1.82) is 0 Å². The second kappa shape index (κ2) is 9.17. The van der Waals surface area contributed by atoms with Gasteiger partial charge in [-0.1, -0.05) is 45.4 Å². The van der Waals surface area contributed by atoms with Crippen LogP contribution < -0.4 is 5.32 Å². The second-order valence-corrected chi connectivity index (χ2v) is 4.71. The maximum atomic E-state index is 3.40. The SMILES string of the molecule is CCCCCCCCCN1CCNCC1. The van der Waals surface area contributed by atoms with Gasteiger partial charge in [0.05, 0.1) is 0 Å². The average Bonchev–Trinajstić information content (AvgIpc) is 2.29. The molecule has 15 heavy (non-hydrogen) atoms. The first-order valence-corrected chi connectivity index (χ1v) is 6.86. The minimum Gasteiger partial charge on any atom is -0.314 e. The quantitative estimate of drug-likeness (QED) is 0.622. The van der Waals surface area contributed by atoms with Crippen molar-refractivity contribution in [2.24, 2.45) is 0 Å². The molecule has 0 atom stereocenters. The Labute approximate surface area is 95.4 Å². The summed E-state index contributed by atoms with van der Waals surface area (Å²) in [6, 6.07) is 0. The van der Waals surface area contributed by atoms with Crippen molar-refractivity contribution in [3.05, 3.63) is 0 Å². The summed E-state index contributed by atoms with van der Waals surface area (Å²) >= 11 is 0. The molecule has 2 heteroatoms. The number of hydrogen-bond donors (Lipinski definition) is 1. The molecule has 0 radical (unpaired) electrons. The van der Waals surface area contributed by atoms with Gasteiger partial charge in [-0.15, -0.1) is 0 Å². The first-order valence-electron chi connectivity index (χ1n) is 6.86. The lowest BCUT2D eigenvalue weighted by Gasteiger charge is -2.26. The third-order valence-corrected chi connectivity index (χ3v) is 3.29. The summed E-state index contributed by atoms with van der Waals surface area (Å²) < 4.78 is 0. The molecule has 0 aromatic heterocycles. The predicted octanol–water partition coefficient (Wildman–Crippen LogP) is 2.64. The number of nitrogens with one attached hydrogen (secondary N) is 1. The second-order valence-electron chi connectivity index (χ2n) is 4.71. The van der Waals surface area contributed by atoms with Crippen LogP contribution >= 0.6 is 0 Å². The minimum absolute atomic E-state index is 1.19. The third kappa shape index (κ3) is 6.91. The van der Waals surface area contributed by atoms with Crippen LogP contribution in [0.15, 0.2) is 0 Å². The highest BCUT2D eigenvalue weighted by molar-refractivity contribution is 4.67. The van der Waals surface area contributed by atoms with Crippen molar-refractivity contribution in [2.45, 2.75) is 51.9 Å². The lowest BCUT2D eigenvalue weighted by Crippen LogP contribution is -2.43. The molecule has 1 N–H and O–H groups in total. The number of rotatable bonds is 8. The molecule has 1 heterocycles. The highest BCUT2D eigenvalue weighted by Crippen LogP contribution is 2.07. The molecule has 0 unspecified atom stereocenters. The van der Waals surface area contributed by atoms with Crippen molar-refractivity contribution in [2.75, 3.05) is 32.7 Å². The van der Waals surface area contributed by atoms with Gasteiger partial charge in [0.25, 0.3) is 0 Å². The zero-order valence-corrected chi connectivity index (χ0v) is 10.4. The molecule has 0 aromatic rings. The van der Waals surface area contributed by atoms with Crippen LogP contribution in [0.5, 0.6) is 0 Å². The van der Waals surface area contributed by atoms with Gasteiger partial charge in [-0.05, 0) is 13.0 Å². The number of piperazine rings is 1. The lowest BCUT2D eigenvalue weighted by atomic mass is 10.1. The van der Waals surface area contributed by atoms with E-state index in [2.05, 4.69) is 17.1 Å². The fourth-order valence-electron chi connectivity index (χ4n) is 2.23. The molecule has 0 saturated carbocycles. The van der Waals surface area contributed by atoms with Crippen LogP contribution in [0, 0.1) is 0 Å². The Morgan fingerprint density at radius 2 is 1.47 bits per heavy atom. The maximum absolute atomic E-state index is 3.40. The van der Waals surface area contributed by atoms with E-state index in [1.54, 1.807) is 0 Å². The van der Waals surface area contributed by atoms with Gasteiger partial charge in [0.2, 0.25) is 0 Å². The first kappa shape index (κ1) is 13.0. The van der Waals surface area contributed by atoms with Crippen molar-refractivity contribution in [1.82, 2.24) is 10.2 Å². The number of hydrogen-bond acceptors (Lipinski definition) is 2. The Morgan fingerprint density at radius 3 is 2.13 bits per heavy atom. The zero-order chi connectivity index (χ0) is 10.8. The van der Waals surface area contributed by atoms with E-state index in [0.717, 1.165) is 0 Å². The Kier molecular flexibility index (Phi) is 7.94. The molecule has 90 valence electrons. The summed E-state index contributed by atoms with van der Waals surface area (Å²) in [5, 5.41) is 3.40. The Morgan fingerprint density at radius 1 is 0.867 bits per heavy atom. The van der Waals surface area contributed by atoms with Crippen molar-refractivity contribution < 1.29 is 0 Å². The molecule has 2 nitrogen and oxygen atoms in total. The topological polar surface area (TPSA) is 15.3 Å². The van der Waals surface area contributed by atoms with Gasteiger partial charge in [-0.25, -0.2) is 0 Å². The van der Waals surface area contributed by atoms with Crippen LogP contribution in [-0.2, 0) is 0 Å². The van der Waals surface area contributed by atoms with Crippen LogP contribution in [0.3, 0.4) is 0 Å². The summed E-state index contributed by atoms with van der Waals surface area (Å²) in [6.45, 7) is 8.51. The van der Waals surface area contributed by atoms with Gasteiger partial charge >= 0.3 is 0 Å². The van der Waals surface area contributed by atoms with Gasteiger partial charge in [0, 0.05) is 26.2 Å². The van der Waals surface area contributed by atoms with E-state index in [0.29, 0.717) is 0 Å². The van der Waals surface area contributed by atoms with Crippen LogP contribution in [0.4, 0.5) is 0 Å². The lowest BCUT2D eigenvalue weighted by molar-refractivity contribution is 0.236. The van der Waals surface area contributed by atoms with E-state index in [4.69, 9.17) is 0 Å². The highest BCUT2D eigenvalue weighted by atomic mass is 15.2. The molecule has 1 saturated heterocycles. The Hall–Kier alpha value is -0.0800. The maximum Gasteiger partial charge on any atom is 0.0107 e. The summed E-state index contributed by atoms with van der Waals surface area (Å²) in [5.41, 5.74) is 0. The van der Waals surface area contributed by atoms with Gasteiger partial charge in [-0.2, -0.15) is 0 Å². The third-order valence-electron chi connectivity index (χ3n) is 3.29. The highest BCUT2D eigenvalue weighted by Gasteiger charge is 2.07. The molecular formula is C13H28N2. The molecule has 1 rings (SSSR count). The summed E-state index contributed by atoms with van der Waals surface area (Å²) in [6.07, 6.45) is 9.99. The zero-order valence-electron chi connectivity index (χ0n) is 10.4.